The van der Waals surface area contributed by atoms with E-state index in [4.69, 9.17) is 5.14 Å². The summed E-state index contributed by atoms with van der Waals surface area (Å²) in [6.45, 7) is 0.349. The smallest absolute Gasteiger partial charge is 0.227 e. The van der Waals surface area contributed by atoms with E-state index in [0.717, 1.165) is 29.7 Å². The van der Waals surface area contributed by atoms with E-state index < -0.39 is 10.0 Å². The van der Waals surface area contributed by atoms with Crippen LogP contribution in [-0.4, -0.2) is 32.4 Å². The van der Waals surface area contributed by atoms with Crippen LogP contribution in [0.1, 0.15) is 35.2 Å². The number of carbonyl (C=O) groups excluding carboxylic acids is 2. The Balaban J connectivity index is 1.83. The summed E-state index contributed by atoms with van der Waals surface area (Å²) < 4.78 is 22.4. The van der Waals surface area contributed by atoms with Crippen LogP contribution in [0.2, 0.25) is 0 Å². The molecule has 1 aliphatic carbocycles. The van der Waals surface area contributed by atoms with Gasteiger partial charge in [0.2, 0.25) is 15.9 Å². The second-order valence-electron chi connectivity index (χ2n) is 6.02. The number of Topliss-reactive ketones (excluding diaryl/α,β-unsaturated/α-hetero) is 1. The fourth-order valence-electron chi connectivity index (χ4n) is 3.27. The minimum atomic E-state index is -3.58. The SMILES string of the molecule is NS(=O)(=O)CC1CC(=O)N(c2ccc3c(c2)CCCC3=O)C1. The van der Waals surface area contributed by atoms with Crippen molar-refractivity contribution in [2.24, 2.45) is 11.1 Å². The van der Waals surface area contributed by atoms with Crippen LogP contribution in [0.5, 0.6) is 0 Å². The lowest BCUT2D eigenvalue weighted by molar-refractivity contribution is -0.117. The third-order valence-electron chi connectivity index (χ3n) is 4.22. The Morgan fingerprint density at radius 2 is 2.00 bits per heavy atom. The lowest BCUT2D eigenvalue weighted by atomic mass is 9.90. The monoisotopic (exact) mass is 322 g/mol. The molecule has 118 valence electrons. The van der Waals surface area contributed by atoms with E-state index in [2.05, 4.69) is 0 Å². The van der Waals surface area contributed by atoms with Gasteiger partial charge in [-0.1, -0.05) is 0 Å². The van der Waals surface area contributed by atoms with Crippen molar-refractivity contribution in [1.82, 2.24) is 0 Å². The van der Waals surface area contributed by atoms with E-state index in [-0.39, 0.29) is 29.8 Å². The summed E-state index contributed by atoms with van der Waals surface area (Å²) in [5.74, 6) is -0.415. The number of rotatable bonds is 3. The molecule has 3 rings (SSSR count). The molecule has 0 spiro atoms. The van der Waals surface area contributed by atoms with Gasteiger partial charge in [-0.3, -0.25) is 9.59 Å². The molecule has 0 aromatic heterocycles. The maximum Gasteiger partial charge on any atom is 0.227 e. The van der Waals surface area contributed by atoms with E-state index in [1.54, 1.807) is 17.0 Å². The fourth-order valence-corrected chi connectivity index (χ4v) is 4.15. The van der Waals surface area contributed by atoms with E-state index >= 15 is 0 Å². The summed E-state index contributed by atoms with van der Waals surface area (Å²) in [6.07, 6.45) is 2.42. The molecule has 2 N–H and O–H groups in total. The zero-order valence-corrected chi connectivity index (χ0v) is 12.9. The molecule has 22 heavy (non-hydrogen) atoms. The molecule has 1 aromatic carbocycles. The molecule has 2 aliphatic rings. The Kier molecular flexibility index (Phi) is 3.78. The predicted molar refractivity (Wildman–Crippen MR) is 82.1 cm³/mol. The summed E-state index contributed by atoms with van der Waals surface area (Å²) in [5.41, 5.74) is 2.44. The van der Waals surface area contributed by atoms with Gasteiger partial charge in [0.1, 0.15) is 0 Å². The van der Waals surface area contributed by atoms with Crippen molar-refractivity contribution >= 4 is 27.4 Å². The van der Waals surface area contributed by atoms with Crippen molar-refractivity contribution in [2.45, 2.75) is 25.7 Å². The fraction of sp³-hybridized carbons (Fsp3) is 0.467. The number of carbonyl (C=O) groups is 2. The van der Waals surface area contributed by atoms with Crippen LogP contribution in [0.3, 0.4) is 0 Å². The van der Waals surface area contributed by atoms with Gasteiger partial charge >= 0.3 is 0 Å². The highest BCUT2D eigenvalue weighted by Gasteiger charge is 2.33. The second-order valence-corrected chi connectivity index (χ2v) is 7.68. The molecule has 1 saturated heterocycles. The van der Waals surface area contributed by atoms with Crippen LogP contribution < -0.4 is 10.0 Å². The highest BCUT2D eigenvalue weighted by molar-refractivity contribution is 7.89. The van der Waals surface area contributed by atoms with E-state index in [0.29, 0.717) is 13.0 Å². The van der Waals surface area contributed by atoms with Gasteiger partial charge in [0, 0.05) is 36.6 Å². The summed E-state index contributed by atoms with van der Waals surface area (Å²) in [7, 11) is -3.58. The number of amides is 1. The summed E-state index contributed by atoms with van der Waals surface area (Å²) in [5, 5.41) is 5.06. The largest absolute Gasteiger partial charge is 0.312 e. The summed E-state index contributed by atoms with van der Waals surface area (Å²) >= 11 is 0. The third kappa shape index (κ3) is 3.05. The van der Waals surface area contributed by atoms with Crippen LogP contribution in [0.4, 0.5) is 5.69 Å². The third-order valence-corrected chi connectivity index (χ3v) is 5.16. The molecule has 0 bridgehead atoms. The highest BCUT2D eigenvalue weighted by Crippen LogP contribution is 2.30. The molecule has 1 unspecified atom stereocenters. The highest BCUT2D eigenvalue weighted by atomic mass is 32.2. The first-order chi connectivity index (χ1) is 10.3. The van der Waals surface area contributed by atoms with Gasteiger partial charge in [0.25, 0.3) is 0 Å². The normalized spacial score (nSPS) is 22.0. The number of primary sulfonamides is 1. The van der Waals surface area contributed by atoms with Crippen LogP contribution >= 0.6 is 0 Å². The maximum atomic E-state index is 12.1. The minimum absolute atomic E-state index is 0.101. The average Bonchev–Trinajstić information content (AvgIpc) is 2.77. The second kappa shape index (κ2) is 5.48. The number of hydrogen-bond acceptors (Lipinski definition) is 4. The lowest BCUT2D eigenvalue weighted by Crippen LogP contribution is -2.27. The Labute approximate surface area is 129 Å². The standard InChI is InChI=1S/C15H18N2O4S/c16-22(20,21)9-10-6-15(19)17(8-10)12-4-5-13-11(7-12)2-1-3-14(13)18/h4-5,7,10H,1-3,6,8-9H2,(H2,16,20,21). The van der Waals surface area contributed by atoms with Gasteiger partial charge in [-0.05, 0) is 36.6 Å². The predicted octanol–water partition coefficient (Wildman–Crippen LogP) is 0.847. The number of ketones is 1. The molecule has 1 atom stereocenters. The maximum absolute atomic E-state index is 12.1. The van der Waals surface area contributed by atoms with E-state index in [1.807, 2.05) is 6.07 Å². The molecule has 7 heteroatoms. The topological polar surface area (TPSA) is 97.5 Å². The van der Waals surface area contributed by atoms with Gasteiger partial charge in [0.15, 0.2) is 5.78 Å². The van der Waals surface area contributed by atoms with Crippen molar-refractivity contribution < 1.29 is 18.0 Å². The molecule has 1 amide bonds. The molecule has 6 nitrogen and oxygen atoms in total. The number of anilines is 1. The Hall–Kier alpha value is -1.73. The first kappa shape index (κ1) is 15.2. The Bertz CT molecular complexity index is 742. The number of benzene rings is 1. The molecule has 1 fully saturated rings. The van der Waals surface area contributed by atoms with Crippen molar-refractivity contribution in [3.05, 3.63) is 29.3 Å². The van der Waals surface area contributed by atoms with Gasteiger partial charge < -0.3 is 4.90 Å². The zero-order valence-electron chi connectivity index (χ0n) is 12.1. The Morgan fingerprint density at radius 1 is 1.23 bits per heavy atom. The number of hydrogen-bond donors (Lipinski definition) is 1. The molecule has 1 aromatic rings. The summed E-state index contributed by atoms with van der Waals surface area (Å²) in [4.78, 5) is 25.5. The van der Waals surface area contributed by atoms with Gasteiger partial charge in [-0.25, -0.2) is 13.6 Å². The number of sulfonamides is 1. The number of fused-ring (bicyclic) bond motifs is 1. The average molecular weight is 322 g/mol. The van der Waals surface area contributed by atoms with Crippen LogP contribution in [0.25, 0.3) is 0 Å². The number of aryl methyl sites for hydroxylation is 1. The zero-order chi connectivity index (χ0) is 15.9. The van der Waals surface area contributed by atoms with E-state index in [9.17, 15) is 18.0 Å². The van der Waals surface area contributed by atoms with Gasteiger partial charge in [-0.2, -0.15) is 0 Å². The lowest BCUT2D eigenvalue weighted by Gasteiger charge is -2.21. The molecular weight excluding hydrogens is 304 g/mol. The molecule has 1 heterocycles. The van der Waals surface area contributed by atoms with Crippen molar-refractivity contribution in [2.75, 3.05) is 17.2 Å². The van der Waals surface area contributed by atoms with Crippen LogP contribution in [0, 0.1) is 5.92 Å². The molecule has 0 radical (unpaired) electrons. The van der Waals surface area contributed by atoms with Crippen LogP contribution in [0.15, 0.2) is 18.2 Å². The van der Waals surface area contributed by atoms with E-state index in [1.165, 1.54) is 0 Å². The number of nitrogens with two attached hydrogens (primary N) is 1. The molecular formula is C15H18N2O4S. The van der Waals surface area contributed by atoms with Crippen molar-refractivity contribution in [3.8, 4) is 0 Å². The van der Waals surface area contributed by atoms with Gasteiger partial charge in [-0.15, -0.1) is 0 Å². The Morgan fingerprint density at radius 3 is 2.73 bits per heavy atom. The van der Waals surface area contributed by atoms with Gasteiger partial charge in [0.05, 0.1) is 5.75 Å². The minimum Gasteiger partial charge on any atom is -0.312 e. The first-order valence-electron chi connectivity index (χ1n) is 7.30. The van der Waals surface area contributed by atoms with Crippen molar-refractivity contribution in [1.29, 1.82) is 0 Å². The molecule has 1 aliphatic heterocycles. The van der Waals surface area contributed by atoms with Crippen molar-refractivity contribution in [3.63, 3.8) is 0 Å². The summed E-state index contributed by atoms with van der Waals surface area (Å²) in [6, 6.07) is 5.41. The first-order valence-corrected chi connectivity index (χ1v) is 9.02. The quantitative estimate of drug-likeness (QED) is 0.892. The molecule has 0 saturated carbocycles. The number of nitrogens with zero attached hydrogens (tertiary/aromatic N) is 1. The van der Waals surface area contributed by atoms with Crippen LogP contribution in [-0.2, 0) is 21.2 Å².